The molecule has 106 valence electrons. The number of hydrogen-bond acceptors (Lipinski definition) is 3. The number of rotatable bonds is 5. The van der Waals surface area contributed by atoms with Crippen LogP contribution in [0.3, 0.4) is 0 Å². The van der Waals surface area contributed by atoms with Crippen LogP contribution >= 0.6 is 23.2 Å². The molecule has 1 fully saturated rings. The molecule has 2 rings (SSSR count). The zero-order valence-electron chi connectivity index (χ0n) is 10.6. The predicted octanol–water partition coefficient (Wildman–Crippen LogP) is 3.20. The molecule has 0 aromatic carbocycles. The van der Waals surface area contributed by atoms with Gasteiger partial charge in [0.05, 0.1) is 5.02 Å². The van der Waals surface area contributed by atoms with Gasteiger partial charge in [0.2, 0.25) is 10.0 Å². The molecule has 0 amide bonds. The molecule has 7 heteroatoms. The van der Waals surface area contributed by atoms with Crippen LogP contribution in [0.2, 0.25) is 10.2 Å². The largest absolute Gasteiger partial charge is 0.244 e. The van der Waals surface area contributed by atoms with Crippen molar-refractivity contribution in [3.63, 3.8) is 0 Å². The van der Waals surface area contributed by atoms with Crippen molar-refractivity contribution in [2.75, 3.05) is 13.1 Å². The van der Waals surface area contributed by atoms with E-state index in [-0.39, 0.29) is 15.1 Å². The number of halogens is 2. The SMILES string of the molecule is CCN(CC1CCC1)S(=O)(=O)c1cnc(Cl)c(Cl)c1. The molecular weight excluding hydrogens is 307 g/mol. The maximum Gasteiger partial charge on any atom is 0.244 e. The quantitative estimate of drug-likeness (QED) is 0.782. The Labute approximate surface area is 123 Å². The highest BCUT2D eigenvalue weighted by Crippen LogP contribution is 2.30. The molecule has 1 aliphatic rings. The first-order chi connectivity index (χ1) is 8.95. The lowest BCUT2D eigenvalue weighted by Gasteiger charge is -2.31. The highest BCUT2D eigenvalue weighted by molar-refractivity contribution is 7.89. The Bertz CT molecular complexity index is 559. The molecule has 0 spiro atoms. The van der Waals surface area contributed by atoms with Crippen LogP contribution < -0.4 is 0 Å². The highest BCUT2D eigenvalue weighted by Gasteiger charge is 2.29. The minimum atomic E-state index is -3.53. The molecule has 0 saturated heterocycles. The number of hydrogen-bond donors (Lipinski definition) is 0. The van der Waals surface area contributed by atoms with Crippen molar-refractivity contribution in [3.05, 3.63) is 22.4 Å². The second-order valence-electron chi connectivity index (χ2n) is 4.70. The third kappa shape index (κ3) is 3.21. The number of nitrogens with zero attached hydrogens (tertiary/aromatic N) is 2. The van der Waals surface area contributed by atoms with Crippen molar-refractivity contribution in [1.29, 1.82) is 0 Å². The molecule has 0 bridgehead atoms. The Hall–Kier alpha value is -0.360. The molecule has 0 N–H and O–H groups in total. The molecule has 1 saturated carbocycles. The van der Waals surface area contributed by atoms with Gasteiger partial charge in [0.1, 0.15) is 10.0 Å². The van der Waals surface area contributed by atoms with Crippen LogP contribution in [0.4, 0.5) is 0 Å². The highest BCUT2D eigenvalue weighted by atomic mass is 35.5. The average Bonchev–Trinajstić information content (AvgIpc) is 2.31. The van der Waals surface area contributed by atoms with Crippen molar-refractivity contribution in [1.82, 2.24) is 9.29 Å². The summed E-state index contributed by atoms with van der Waals surface area (Å²) in [6, 6.07) is 1.36. The number of pyridine rings is 1. The summed E-state index contributed by atoms with van der Waals surface area (Å²) >= 11 is 11.5. The molecule has 0 aliphatic heterocycles. The Balaban J connectivity index is 2.25. The van der Waals surface area contributed by atoms with Crippen LogP contribution in [0.15, 0.2) is 17.2 Å². The van der Waals surface area contributed by atoms with E-state index in [4.69, 9.17) is 23.2 Å². The fraction of sp³-hybridized carbons (Fsp3) is 0.583. The Morgan fingerprint density at radius 2 is 2.11 bits per heavy atom. The molecule has 1 aliphatic carbocycles. The molecule has 4 nitrogen and oxygen atoms in total. The van der Waals surface area contributed by atoms with Gasteiger partial charge in [0.25, 0.3) is 0 Å². The van der Waals surface area contributed by atoms with E-state index in [0.717, 1.165) is 12.8 Å². The first-order valence-electron chi connectivity index (χ1n) is 6.26. The second kappa shape index (κ2) is 5.95. The second-order valence-corrected chi connectivity index (χ2v) is 7.40. The Morgan fingerprint density at radius 1 is 1.42 bits per heavy atom. The lowest BCUT2D eigenvalue weighted by atomic mass is 9.85. The van der Waals surface area contributed by atoms with E-state index in [1.807, 2.05) is 6.92 Å². The van der Waals surface area contributed by atoms with Gasteiger partial charge in [-0.15, -0.1) is 0 Å². The predicted molar refractivity (Wildman–Crippen MR) is 76.0 cm³/mol. The Morgan fingerprint density at radius 3 is 2.58 bits per heavy atom. The van der Waals surface area contributed by atoms with Gasteiger partial charge >= 0.3 is 0 Å². The van der Waals surface area contributed by atoms with Gasteiger partial charge in [-0.3, -0.25) is 0 Å². The van der Waals surface area contributed by atoms with Gasteiger partial charge in [-0.05, 0) is 24.8 Å². The topological polar surface area (TPSA) is 50.3 Å². The standard InChI is InChI=1S/C12H16Cl2N2O2S/c1-2-16(8-9-4-3-5-9)19(17,18)10-6-11(13)12(14)15-7-10/h6-7,9H,2-5,8H2,1H3. The van der Waals surface area contributed by atoms with Crippen LogP contribution in [-0.4, -0.2) is 30.8 Å². The van der Waals surface area contributed by atoms with Crippen molar-refractivity contribution in [2.45, 2.75) is 31.1 Å². The third-order valence-corrected chi connectivity index (χ3v) is 6.04. The minimum absolute atomic E-state index is 0.100. The normalized spacial score (nSPS) is 16.6. The van der Waals surface area contributed by atoms with E-state index in [2.05, 4.69) is 4.98 Å². The van der Waals surface area contributed by atoms with E-state index < -0.39 is 10.0 Å². The van der Waals surface area contributed by atoms with E-state index in [1.165, 1.54) is 23.0 Å². The smallest absolute Gasteiger partial charge is 0.242 e. The zero-order chi connectivity index (χ0) is 14.0. The van der Waals surface area contributed by atoms with Gasteiger partial charge in [-0.2, -0.15) is 4.31 Å². The van der Waals surface area contributed by atoms with Gasteiger partial charge in [0, 0.05) is 19.3 Å². The molecular formula is C12H16Cl2N2O2S. The summed E-state index contributed by atoms with van der Waals surface area (Å²) in [6.45, 7) is 2.85. The maximum absolute atomic E-state index is 12.5. The van der Waals surface area contributed by atoms with Crippen LogP contribution in [-0.2, 0) is 10.0 Å². The van der Waals surface area contributed by atoms with Gasteiger partial charge in [-0.25, -0.2) is 13.4 Å². The molecule has 0 radical (unpaired) electrons. The fourth-order valence-electron chi connectivity index (χ4n) is 2.05. The lowest BCUT2D eigenvalue weighted by Crippen LogP contribution is -2.37. The summed E-state index contributed by atoms with van der Waals surface area (Å²) in [5, 5.41) is 0.269. The van der Waals surface area contributed by atoms with Gasteiger partial charge in [-0.1, -0.05) is 36.5 Å². The van der Waals surface area contributed by atoms with Crippen molar-refractivity contribution in [2.24, 2.45) is 5.92 Å². The third-order valence-electron chi connectivity index (χ3n) is 3.45. The lowest BCUT2D eigenvalue weighted by molar-refractivity contribution is 0.250. The van der Waals surface area contributed by atoms with Gasteiger partial charge in [0.15, 0.2) is 0 Å². The van der Waals surface area contributed by atoms with E-state index in [1.54, 1.807) is 0 Å². The molecule has 1 heterocycles. The molecule has 1 aromatic rings. The zero-order valence-corrected chi connectivity index (χ0v) is 13.0. The average molecular weight is 323 g/mol. The van der Waals surface area contributed by atoms with E-state index >= 15 is 0 Å². The van der Waals surface area contributed by atoms with Crippen molar-refractivity contribution in [3.8, 4) is 0 Å². The summed E-state index contributed by atoms with van der Waals surface area (Å²) < 4.78 is 26.5. The molecule has 19 heavy (non-hydrogen) atoms. The molecule has 0 atom stereocenters. The summed E-state index contributed by atoms with van der Waals surface area (Å²) in [4.78, 5) is 3.90. The fourth-order valence-corrected chi connectivity index (χ4v) is 3.89. The summed E-state index contributed by atoms with van der Waals surface area (Å²) in [5.74, 6) is 0.477. The van der Waals surface area contributed by atoms with Crippen molar-refractivity contribution < 1.29 is 8.42 Å². The maximum atomic E-state index is 12.5. The Kier molecular flexibility index (Phi) is 4.71. The van der Waals surface area contributed by atoms with Crippen LogP contribution in [0, 0.1) is 5.92 Å². The molecule has 0 unspecified atom stereocenters. The minimum Gasteiger partial charge on any atom is -0.242 e. The monoisotopic (exact) mass is 322 g/mol. The van der Waals surface area contributed by atoms with Crippen LogP contribution in [0.25, 0.3) is 0 Å². The first-order valence-corrected chi connectivity index (χ1v) is 8.46. The first kappa shape index (κ1) is 15.0. The molecule has 1 aromatic heterocycles. The number of aromatic nitrogens is 1. The number of sulfonamides is 1. The summed E-state index contributed by atoms with van der Waals surface area (Å²) in [6.07, 6.45) is 4.65. The van der Waals surface area contributed by atoms with Gasteiger partial charge < -0.3 is 0 Å². The van der Waals surface area contributed by atoms with Crippen LogP contribution in [0.1, 0.15) is 26.2 Å². The van der Waals surface area contributed by atoms with Crippen molar-refractivity contribution >= 4 is 33.2 Å². The summed E-state index contributed by atoms with van der Waals surface area (Å²) in [7, 11) is -3.53. The summed E-state index contributed by atoms with van der Waals surface area (Å²) in [5.41, 5.74) is 0. The van der Waals surface area contributed by atoms with E-state index in [0.29, 0.717) is 19.0 Å². The van der Waals surface area contributed by atoms with E-state index in [9.17, 15) is 8.42 Å². The van der Waals surface area contributed by atoms with Crippen LogP contribution in [0.5, 0.6) is 0 Å².